The van der Waals surface area contributed by atoms with Crippen LogP contribution in [-0.2, 0) is 4.79 Å². The molecule has 2 atom stereocenters. The van der Waals surface area contributed by atoms with E-state index in [2.05, 4.69) is 72.1 Å². The number of quaternary nitrogens is 1. The normalized spacial score (nSPS) is 16.6. The van der Waals surface area contributed by atoms with E-state index < -0.39 is 0 Å². The molecule has 1 aliphatic rings. The van der Waals surface area contributed by atoms with Gasteiger partial charge in [-0.05, 0) is 24.0 Å². The van der Waals surface area contributed by atoms with Crippen molar-refractivity contribution in [3.8, 4) is 0 Å². The van der Waals surface area contributed by atoms with E-state index in [0.717, 1.165) is 38.5 Å². The second kappa shape index (κ2) is 10.5. The standard InChI is InChI=1S/C24H35N5O/c1-5-19(4)20-7-9-21(10-8-20)23(18(2)3)27-17-22(30)28-13-15-29(16-14-28)24-25-11-6-12-26-24/h6-12,18-19,23,27H,5,13-17H2,1-4H3/p+1/t19-,23-/m1/s1. The van der Waals surface area contributed by atoms with Crippen molar-refractivity contribution in [3.63, 3.8) is 0 Å². The van der Waals surface area contributed by atoms with Crippen molar-refractivity contribution >= 4 is 11.9 Å². The number of benzene rings is 1. The van der Waals surface area contributed by atoms with Crippen LogP contribution in [0.5, 0.6) is 0 Å². The van der Waals surface area contributed by atoms with Gasteiger partial charge in [-0.25, -0.2) is 9.97 Å². The lowest BCUT2D eigenvalue weighted by Gasteiger charge is -2.34. The molecular formula is C24H36N5O+. The Morgan fingerprint density at radius 2 is 1.60 bits per heavy atom. The van der Waals surface area contributed by atoms with Crippen LogP contribution in [0.3, 0.4) is 0 Å². The third-order valence-corrected chi connectivity index (χ3v) is 6.23. The maximum atomic E-state index is 12.8. The Hall–Kier alpha value is -2.47. The van der Waals surface area contributed by atoms with Crippen LogP contribution < -0.4 is 10.2 Å². The number of nitrogens with zero attached hydrogens (tertiary/aromatic N) is 4. The summed E-state index contributed by atoms with van der Waals surface area (Å²) >= 11 is 0. The highest BCUT2D eigenvalue weighted by Crippen LogP contribution is 2.23. The molecule has 1 saturated heterocycles. The quantitative estimate of drug-likeness (QED) is 0.726. The Labute approximate surface area is 180 Å². The molecule has 1 aromatic heterocycles. The number of anilines is 1. The van der Waals surface area contributed by atoms with E-state index in [9.17, 15) is 4.79 Å². The summed E-state index contributed by atoms with van der Waals surface area (Å²) in [5.74, 6) is 2.00. The monoisotopic (exact) mass is 410 g/mol. The van der Waals surface area contributed by atoms with E-state index in [0.29, 0.717) is 24.4 Å². The summed E-state index contributed by atoms with van der Waals surface area (Å²) in [7, 11) is 0. The Kier molecular flexibility index (Phi) is 7.80. The molecule has 162 valence electrons. The van der Waals surface area contributed by atoms with Crippen molar-refractivity contribution in [3.05, 3.63) is 53.9 Å². The summed E-state index contributed by atoms with van der Waals surface area (Å²) in [6.45, 7) is 12.4. The number of nitrogens with two attached hydrogens (primary N) is 1. The number of piperazine rings is 1. The number of aromatic nitrogens is 2. The third kappa shape index (κ3) is 5.57. The van der Waals surface area contributed by atoms with Crippen molar-refractivity contribution in [2.45, 2.75) is 46.1 Å². The van der Waals surface area contributed by atoms with Crippen LogP contribution in [-0.4, -0.2) is 53.5 Å². The predicted octanol–water partition coefficient (Wildman–Crippen LogP) is 2.60. The molecule has 0 aliphatic carbocycles. The smallest absolute Gasteiger partial charge is 0.277 e. The minimum atomic E-state index is 0.213. The molecule has 2 aromatic rings. The van der Waals surface area contributed by atoms with Crippen LogP contribution in [0.4, 0.5) is 5.95 Å². The van der Waals surface area contributed by atoms with Crippen molar-refractivity contribution in [1.82, 2.24) is 14.9 Å². The number of carbonyl (C=O) groups is 1. The molecule has 0 saturated carbocycles. The van der Waals surface area contributed by atoms with E-state index in [4.69, 9.17) is 0 Å². The molecule has 0 unspecified atom stereocenters. The lowest BCUT2D eigenvalue weighted by Crippen LogP contribution is -2.88. The van der Waals surface area contributed by atoms with E-state index in [1.807, 2.05) is 11.0 Å². The molecule has 0 bridgehead atoms. The van der Waals surface area contributed by atoms with Gasteiger partial charge in [0.25, 0.3) is 5.91 Å². The van der Waals surface area contributed by atoms with Crippen molar-refractivity contribution in [2.24, 2.45) is 5.92 Å². The summed E-state index contributed by atoms with van der Waals surface area (Å²) in [6.07, 6.45) is 4.67. The summed E-state index contributed by atoms with van der Waals surface area (Å²) in [4.78, 5) is 25.6. The van der Waals surface area contributed by atoms with Gasteiger partial charge in [0.05, 0.1) is 0 Å². The van der Waals surface area contributed by atoms with Gasteiger partial charge < -0.3 is 15.1 Å². The summed E-state index contributed by atoms with van der Waals surface area (Å²) in [5, 5.41) is 2.21. The fraction of sp³-hybridized carbons (Fsp3) is 0.542. The highest BCUT2D eigenvalue weighted by atomic mass is 16.2. The highest BCUT2D eigenvalue weighted by molar-refractivity contribution is 5.77. The van der Waals surface area contributed by atoms with Gasteiger partial charge in [0.1, 0.15) is 6.04 Å². The first-order chi connectivity index (χ1) is 14.5. The first kappa shape index (κ1) is 22.2. The molecule has 6 nitrogen and oxygen atoms in total. The zero-order chi connectivity index (χ0) is 21.5. The first-order valence-electron chi connectivity index (χ1n) is 11.2. The Morgan fingerprint density at radius 1 is 1.00 bits per heavy atom. The highest BCUT2D eigenvalue weighted by Gasteiger charge is 2.26. The number of amides is 1. The molecular weight excluding hydrogens is 374 g/mol. The topological polar surface area (TPSA) is 65.9 Å². The second-order valence-corrected chi connectivity index (χ2v) is 8.60. The zero-order valence-electron chi connectivity index (χ0n) is 18.8. The third-order valence-electron chi connectivity index (χ3n) is 6.23. The maximum absolute atomic E-state index is 12.8. The average molecular weight is 411 g/mol. The molecule has 3 rings (SSSR count). The Balaban J connectivity index is 1.53. The molecule has 1 aromatic carbocycles. The lowest BCUT2D eigenvalue weighted by atomic mass is 9.92. The van der Waals surface area contributed by atoms with Gasteiger partial charge in [0.2, 0.25) is 5.95 Å². The molecule has 0 spiro atoms. The van der Waals surface area contributed by atoms with Crippen LogP contribution in [0.15, 0.2) is 42.7 Å². The number of carbonyl (C=O) groups excluding carboxylic acids is 1. The lowest BCUT2D eigenvalue weighted by molar-refractivity contribution is -0.692. The van der Waals surface area contributed by atoms with Gasteiger partial charge in [-0.15, -0.1) is 0 Å². The van der Waals surface area contributed by atoms with E-state index in [-0.39, 0.29) is 5.91 Å². The van der Waals surface area contributed by atoms with Gasteiger partial charge >= 0.3 is 0 Å². The SMILES string of the molecule is CC[C@@H](C)c1ccc([C@H]([NH2+]CC(=O)N2CCN(c3ncccn3)CC2)C(C)C)cc1. The molecule has 1 fully saturated rings. The first-order valence-corrected chi connectivity index (χ1v) is 11.2. The molecule has 2 heterocycles. The second-order valence-electron chi connectivity index (χ2n) is 8.60. The number of hydrogen-bond acceptors (Lipinski definition) is 4. The van der Waals surface area contributed by atoms with Crippen LogP contribution in [0.25, 0.3) is 0 Å². The molecule has 1 amide bonds. The van der Waals surface area contributed by atoms with Crippen LogP contribution in [0.2, 0.25) is 0 Å². The van der Waals surface area contributed by atoms with Gasteiger partial charge in [-0.2, -0.15) is 0 Å². The Bertz CT molecular complexity index is 785. The van der Waals surface area contributed by atoms with E-state index in [1.165, 1.54) is 11.1 Å². The maximum Gasteiger partial charge on any atom is 0.277 e. The van der Waals surface area contributed by atoms with Gasteiger partial charge in [-0.1, -0.05) is 52.0 Å². The number of hydrogen-bond donors (Lipinski definition) is 1. The summed E-state index contributed by atoms with van der Waals surface area (Å²) in [6, 6.07) is 11.1. The average Bonchev–Trinajstić information content (AvgIpc) is 2.79. The largest absolute Gasteiger partial charge is 0.337 e. The Morgan fingerprint density at radius 3 is 2.17 bits per heavy atom. The van der Waals surface area contributed by atoms with Crippen molar-refractivity contribution in [2.75, 3.05) is 37.6 Å². The summed E-state index contributed by atoms with van der Waals surface area (Å²) < 4.78 is 0. The van der Waals surface area contributed by atoms with Crippen LogP contribution in [0, 0.1) is 5.92 Å². The van der Waals surface area contributed by atoms with E-state index >= 15 is 0 Å². The zero-order valence-corrected chi connectivity index (χ0v) is 18.8. The fourth-order valence-corrected chi connectivity index (χ4v) is 4.04. The van der Waals surface area contributed by atoms with E-state index in [1.54, 1.807) is 12.4 Å². The van der Waals surface area contributed by atoms with Gasteiger partial charge in [0.15, 0.2) is 6.54 Å². The van der Waals surface area contributed by atoms with Gasteiger partial charge in [0, 0.05) is 50.1 Å². The molecule has 1 aliphatic heterocycles. The predicted molar refractivity (Wildman–Crippen MR) is 120 cm³/mol. The van der Waals surface area contributed by atoms with Crippen molar-refractivity contribution in [1.29, 1.82) is 0 Å². The van der Waals surface area contributed by atoms with Crippen LogP contribution >= 0.6 is 0 Å². The molecule has 6 heteroatoms. The minimum absolute atomic E-state index is 0.213. The molecule has 30 heavy (non-hydrogen) atoms. The van der Waals surface area contributed by atoms with Crippen molar-refractivity contribution < 1.29 is 10.1 Å². The summed E-state index contributed by atoms with van der Waals surface area (Å²) in [5.41, 5.74) is 2.69. The molecule has 2 N–H and O–H groups in total. The fourth-order valence-electron chi connectivity index (χ4n) is 4.04. The van der Waals surface area contributed by atoms with Crippen LogP contribution in [0.1, 0.15) is 57.2 Å². The minimum Gasteiger partial charge on any atom is -0.337 e. The van der Waals surface area contributed by atoms with Gasteiger partial charge in [-0.3, -0.25) is 4.79 Å². The number of rotatable bonds is 8. The molecule has 0 radical (unpaired) electrons.